The minimum atomic E-state index is -0.803. The molecule has 0 aromatic heterocycles. The van der Waals surface area contributed by atoms with Crippen LogP contribution in [0.25, 0.3) is 0 Å². The molecule has 0 bridgehead atoms. The highest BCUT2D eigenvalue weighted by Gasteiger charge is 2.19. The third-order valence-electron chi connectivity index (χ3n) is 12.0. The summed E-state index contributed by atoms with van der Waals surface area (Å²) in [5.41, 5.74) is 0. The molecule has 0 heterocycles. The van der Waals surface area contributed by atoms with Gasteiger partial charge in [0.1, 0.15) is 13.2 Å². The molecule has 0 aromatic carbocycles. The van der Waals surface area contributed by atoms with E-state index < -0.39 is 6.10 Å². The van der Waals surface area contributed by atoms with E-state index >= 15 is 0 Å². The molecule has 6 nitrogen and oxygen atoms in total. The number of hydrogen-bond acceptors (Lipinski definition) is 6. The predicted molar refractivity (Wildman–Crippen MR) is 306 cm³/mol. The van der Waals surface area contributed by atoms with Gasteiger partial charge >= 0.3 is 17.9 Å². The van der Waals surface area contributed by atoms with Crippen molar-refractivity contribution in [3.05, 3.63) is 122 Å². The average Bonchev–Trinajstić information content (AvgIpc) is 3.37. The molecule has 0 aliphatic heterocycles. The highest BCUT2D eigenvalue weighted by Crippen LogP contribution is 2.15. The highest BCUT2D eigenvalue weighted by atomic mass is 16.6. The second-order valence-corrected chi connectivity index (χ2v) is 18.8. The molecule has 1 unspecified atom stereocenters. The van der Waals surface area contributed by atoms with E-state index in [9.17, 15) is 14.4 Å². The first-order chi connectivity index (χ1) is 35.0. The molecule has 0 radical (unpaired) electrons. The van der Waals surface area contributed by atoms with Crippen molar-refractivity contribution in [2.75, 3.05) is 13.2 Å². The van der Waals surface area contributed by atoms with Crippen LogP contribution in [-0.4, -0.2) is 37.2 Å². The second kappa shape index (κ2) is 58.4. The van der Waals surface area contributed by atoms with Gasteiger partial charge in [0.2, 0.25) is 0 Å². The standard InChI is InChI=1S/C65H106O6/c1-4-7-10-13-16-19-22-25-26-27-28-29-30-31-32-33-34-35-36-37-38-41-43-46-49-52-55-58-64(67)70-61-62(71-65(68)59-56-53-50-47-44-40-24-21-18-15-12-9-6-3)60-69-63(66)57-54-51-48-45-42-39-23-20-17-14-11-8-5-2/h7,9-10,12,16,18-19,21,25-26,28-29,31-32,34-35,37-38,40,44,62H,4-6,8,11,13-15,17,20,22-24,27,30,33,36,39,41-43,45-61H2,1-3H3/b10-7-,12-9-,19-16-,21-18-,26-25-,29-28-,32-31-,35-34-,38-37-,44-40-. The van der Waals surface area contributed by atoms with Gasteiger partial charge in [0.05, 0.1) is 0 Å². The summed E-state index contributed by atoms with van der Waals surface area (Å²) in [5, 5.41) is 0. The number of hydrogen-bond donors (Lipinski definition) is 0. The molecule has 0 rings (SSSR count). The quantitative estimate of drug-likeness (QED) is 0.0261. The van der Waals surface area contributed by atoms with Gasteiger partial charge in [0.25, 0.3) is 0 Å². The Kier molecular flexibility index (Phi) is 54.9. The molecule has 0 aromatic rings. The van der Waals surface area contributed by atoms with E-state index in [-0.39, 0.29) is 37.5 Å². The van der Waals surface area contributed by atoms with Crippen LogP contribution in [0.1, 0.15) is 252 Å². The Balaban J connectivity index is 4.37. The molecule has 0 aliphatic rings. The summed E-state index contributed by atoms with van der Waals surface area (Å²) in [4.78, 5) is 38.1. The molecule has 0 aliphatic carbocycles. The van der Waals surface area contributed by atoms with Gasteiger partial charge in [-0.25, -0.2) is 0 Å². The zero-order valence-corrected chi connectivity index (χ0v) is 45.9. The molecular weight excluding hydrogens is 877 g/mol. The van der Waals surface area contributed by atoms with Gasteiger partial charge in [0, 0.05) is 19.3 Å². The molecule has 0 saturated carbocycles. The van der Waals surface area contributed by atoms with Crippen molar-refractivity contribution in [1.82, 2.24) is 0 Å². The summed E-state index contributed by atoms with van der Waals surface area (Å²) < 4.78 is 16.8. The summed E-state index contributed by atoms with van der Waals surface area (Å²) in [6.45, 7) is 6.37. The third-order valence-corrected chi connectivity index (χ3v) is 12.0. The van der Waals surface area contributed by atoms with Crippen LogP contribution < -0.4 is 0 Å². The summed E-state index contributed by atoms with van der Waals surface area (Å²) in [5.74, 6) is -0.948. The molecule has 0 fully saturated rings. The smallest absolute Gasteiger partial charge is 0.306 e. The van der Waals surface area contributed by atoms with Crippen LogP contribution in [0.5, 0.6) is 0 Å². The number of carbonyl (C=O) groups excluding carboxylic acids is 3. The number of carbonyl (C=O) groups is 3. The van der Waals surface area contributed by atoms with Crippen molar-refractivity contribution in [2.24, 2.45) is 0 Å². The lowest BCUT2D eigenvalue weighted by Gasteiger charge is -2.18. The minimum Gasteiger partial charge on any atom is -0.462 e. The van der Waals surface area contributed by atoms with Crippen molar-refractivity contribution >= 4 is 17.9 Å². The lowest BCUT2D eigenvalue weighted by atomic mass is 10.0. The van der Waals surface area contributed by atoms with E-state index in [2.05, 4.69) is 142 Å². The number of rotatable bonds is 51. The summed E-state index contributed by atoms with van der Waals surface area (Å²) in [7, 11) is 0. The topological polar surface area (TPSA) is 78.9 Å². The van der Waals surface area contributed by atoms with Crippen molar-refractivity contribution in [1.29, 1.82) is 0 Å². The zero-order chi connectivity index (χ0) is 51.4. The Morgan fingerprint density at radius 2 is 0.549 bits per heavy atom. The van der Waals surface area contributed by atoms with Crippen molar-refractivity contribution in [3.63, 3.8) is 0 Å². The molecule has 0 N–H and O–H groups in total. The van der Waals surface area contributed by atoms with Gasteiger partial charge in [-0.2, -0.15) is 0 Å². The molecule has 6 heteroatoms. The maximum absolute atomic E-state index is 12.8. The second-order valence-electron chi connectivity index (χ2n) is 18.8. The number of esters is 3. The molecule has 0 amide bonds. The molecular formula is C65H106O6. The Labute approximate surface area is 437 Å². The first-order valence-corrected chi connectivity index (χ1v) is 29.0. The SMILES string of the molecule is CC/C=C\C/C=C\C/C=C\C/C=C\C/C=C\C/C=C\C/C=C\CCCCCCCC(=O)OCC(COC(=O)CCCCCCCCCCCCCCC)OC(=O)CCCCC/C=C\C/C=C\C/C=C\CC. The Morgan fingerprint density at radius 3 is 0.873 bits per heavy atom. The van der Waals surface area contributed by atoms with E-state index in [4.69, 9.17) is 14.2 Å². The van der Waals surface area contributed by atoms with Crippen LogP contribution in [0.4, 0.5) is 0 Å². The first kappa shape index (κ1) is 66.8. The summed E-state index contributed by atoms with van der Waals surface area (Å²) in [6.07, 6.45) is 80.5. The molecule has 0 saturated heterocycles. The normalized spacial score (nSPS) is 13.0. The van der Waals surface area contributed by atoms with Crippen LogP contribution >= 0.6 is 0 Å². The molecule has 0 spiro atoms. The Morgan fingerprint density at radius 1 is 0.296 bits per heavy atom. The fraction of sp³-hybridized carbons (Fsp3) is 0.646. The van der Waals surface area contributed by atoms with Gasteiger partial charge in [-0.15, -0.1) is 0 Å². The molecule has 402 valence electrons. The van der Waals surface area contributed by atoms with E-state index in [1.54, 1.807) is 0 Å². The van der Waals surface area contributed by atoms with Crippen LogP contribution in [0.3, 0.4) is 0 Å². The van der Waals surface area contributed by atoms with Gasteiger partial charge < -0.3 is 14.2 Å². The highest BCUT2D eigenvalue weighted by molar-refractivity contribution is 5.71. The van der Waals surface area contributed by atoms with Crippen molar-refractivity contribution in [3.8, 4) is 0 Å². The van der Waals surface area contributed by atoms with Crippen molar-refractivity contribution in [2.45, 2.75) is 258 Å². The van der Waals surface area contributed by atoms with Crippen molar-refractivity contribution < 1.29 is 28.6 Å². The lowest BCUT2D eigenvalue weighted by Crippen LogP contribution is -2.30. The fourth-order valence-electron chi connectivity index (χ4n) is 7.67. The fourth-order valence-corrected chi connectivity index (χ4v) is 7.67. The Bertz CT molecular complexity index is 1500. The molecule has 1 atom stereocenters. The first-order valence-electron chi connectivity index (χ1n) is 29.0. The van der Waals surface area contributed by atoms with E-state index in [1.807, 2.05) is 0 Å². The number of unbranched alkanes of at least 4 members (excludes halogenated alkanes) is 20. The minimum absolute atomic E-state index is 0.0970. The number of allylic oxidation sites excluding steroid dienone is 20. The summed E-state index contributed by atoms with van der Waals surface area (Å²) >= 11 is 0. The van der Waals surface area contributed by atoms with Gasteiger partial charge in [-0.3, -0.25) is 14.4 Å². The maximum atomic E-state index is 12.8. The van der Waals surface area contributed by atoms with Gasteiger partial charge in [0.15, 0.2) is 6.10 Å². The van der Waals surface area contributed by atoms with Crippen LogP contribution in [0.15, 0.2) is 122 Å². The van der Waals surface area contributed by atoms with Crippen LogP contribution in [0, 0.1) is 0 Å². The van der Waals surface area contributed by atoms with E-state index in [0.29, 0.717) is 12.8 Å². The predicted octanol–water partition coefficient (Wildman–Crippen LogP) is 19.6. The lowest BCUT2D eigenvalue weighted by molar-refractivity contribution is -0.167. The third kappa shape index (κ3) is 56.6. The van der Waals surface area contributed by atoms with Gasteiger partial charge in [-0.1, -0.05) is 245 Å². The van der Waals surface area contributed by atoms with Gasteiger partial charge in [-0.05, 0) is 109 Å². The zero-order valence-electron chi connectivity index (χ0n) is 45.9. The van der Waals surface area contributed by atoms with E-state index in [1.165, 1.54) is 64.2 Å². The summed E-state index contributed by atoms with van der Waals surface area (Å²) in [6, 6.07) is 0. The number of ether oxygens (including phenoxy) is 3. The van der Waals surface area contributed by atoms with Crippen LogP contribution in [-0.2, 0) is 28.6 Å². The van der Waals surface area contributed by atoms with Crippen LogP contribution in [0.2, 0.25) is 0 Å². The average molecular weight is 984 g/mol. The Hall–Kier alpha value is -4.19. The monoisotopic (exact) mass is 983 g/mol. The maximum Gasteiger partial charge on any atom is 0.306 e. The largest absolute Gasteiger partial charge is 0.462 e. The van der Waals surface area contributed by atoms with E-state index in [0.717, 1.165) is 148 Å². The molecule has 71 heavy (non-hydrogen) atoms.